The van der Waals surface area contributed by atoms with Crippen LogP contribution in [0.25, 0.3) is 10.9 Å². The van der Waals surface area contributed by atoms with Gasteiger partial charge in [0.15, 0.2) is 0 Å². The number of aromatic amines is 1. The van der Waals surface area contributed by atoms with Gasteiger partial charge in [0.2, 0.25) is 0 Å². The molecule has 0 saturated carbocycles. The minimum atomic E-state index is -2.38. The average molecular weight is 336 g/mol. The molecule has 1 aromatic heterocycles. The number of nitrogens with two attached hydrogens (primary N) is 1. The van der Waals surface area contributed by atoms with Gasteiger partial charge < -0.3 is 35.6 Å². The van der Waals surface area contributed by atoms with E-state index >= 15 is 0 Å². The van der Waals surface area contributed by atoms with Gasteiger partial charge in [-0.1, -0.05) is 18.2 Å². The monoisotopic (exact) mass is 336 g/mol. The molecule has 2 rings (SSSR count). The average Bonchev–Trinajstić information content (AvgIpc) is 2.81. The number of hydrogen-bond acceptors (Lipinski definition) is 6. The third kappa shape index (κ3) is 5.30. The molecule has 0 aliphatic heterocycles. The maximum atomic E-state index is 11.2. The number of fused-ring (bicyclic) bond motifs is 1. The molecule has 0 fully saturated rings. The van der Waals surface area contributed by atoms with Crippen LogP contribution in [0.15, 0.2) is 30.5 Å². The summed E-state index contributed by atoms with van der Waals surface area (Å²) in [6.45, 7) is 0. The fourth-order valence-electron chi connectivity index (χ4n) is 2.27. The molecule has 0 saturated heterocycles. The number of aromatic nitrogens is 1. The Morgan fingerprint density at radius 2 is 1.87 bits per heavy atom. The van der Waals surface area contributed by atoms with E-state index in [0.29, 0.717) is 5.56 Å². The molecular formula is C14H14N2Na2O5. The van der Waals surface area contributed by atoms with Gasteiger partial charge in [0.1, 0.15) is 5.60 Å². The summed E-state index contributed by atoms with van der Waals surface area (Å²) in [6, 6.07) is 5.53. The van der Waals surface area contributed by atoms with Crippen molar-refractivity contribution in [2.45, 2.75) is 24.5 Å². The van der Waals surface area contributed by atoms with E-state index in [0.717, 1.165) is 10.9 Å². The smallest absolute Gasteiger partial charge is 0.548 e. The Labute approximate surface area is 176 Å². The van der Waals surface area contributed by atoms with Crippen LogP contribution in [0.2, 0.25) is 0 Å². The molecule has 1 aromatic carbocycles. The van der Waals surface area contributed by atoms with Gasteiger partial charge in [0.25, 0.3) is 0 Å². The zero-order chi connectivity index (χ0) is 15.6. The summed E-state index contributed by atoms with van der Waals surface area (Å²) in [4.78, 5) is 24.8. The molecule has 4 N–H and O–H groups in total. The fourth-order valence-corrected chi connectivity index (χ4v) is 2.27. The Bertz CT molecular complexity index is 691. The maximum absolute atomic E-state index is 11.2. The number of para-hydroxylation sites is 1. The number of carbonyl (C=O) groups excluding carboxylic acids is 2. The van der Waals surface area contributed by atoms with E-state index in [9.17, 15) is 24.9 Å². The second-order valence-corrected chi connectivity index (χ2v) is 4.98. The molecule has 23 heavy (non-hydrogen) atoms. The molecule has 0 radical (unpaired) electrons. The number of aliphatic carboxylic acids is 2. The van der Waals surface area contributed by atoms with E-state index in [1.807, 2.05) is 0 Å². The zero-order valence-corrected chi connectivity index (χ0v) is 17.0. The number of carboxylic acids is 2. The molecule has 2 aromatic rings. The summed E-state index contributed by atoms with van der Waals surface area (Å²) < 4.78 is 0. The summed E-state index contributed by atoms with van der Waals surface area (Å²) in [5, 5.41) is 32.8. The van der Waals surface area contributed by atoms with Crippen LogP contribution in [0.3, 0.4) is 0 Å². The SMILES string of the molecule is NC(C[C@@](O)(Cc1c[nH]c2ccccc12)C(=O)[O-])C(=O)[O-].[Na+].[Na+]. The van der Waals surface area contributed by atoms with Gasteiger partial charge in [-0.3, -0.25) is 0 Å². The molecule has 9 heteroatoms. The summed E-state index contributed by atoms with van der Waals surface area (Å²) in [5.74, 6) is -3.40. The molecule has 0 bridgehead atoms. The maximum Gasteiger partial charge on any atom is 1.00 e. The number of aliphatic hydroxyl groups is 1. The Hall–Kier alpha value is -0.380. The van der Waals surface area contributed by atoms with Crippen LogP contribution in [0.1, 0.15) is 12.0 Å². The van der Waals surface area contributed by atoms with Crippen molar-refractivity contribution in [3.8, 4) is 0 Å². The van der Waals surface area contributed by atoms with Crippen molar-refractivity contribution in [3.05, 3.63) is 36.0 Å². The Kier molecular flexibility index (Phi) is 9.04. The van der Waals surface area contributed by atoms with Crippen molar-refractivity contribution < 1.29 is 84.0 Å². The molecular weight excluding hydrogens is 322 g/mol. The number of carboxylic acid groups (broad SMARTS) is 2. The number of rotatable bonds is 6. The summed E-state index contributed by atoms with van der Waals surface area (Å²) in [7, 11) is 0. The molecule has 2 atom stereocenters. The summed E-state index contributed by atoms with van der Waals surface area (Å²) in [6.07, 6.45) is 0.542. The van der Waals surface area contributed by atoms with Crippen LogP contribution >= 0.6 is 0 Å². The van der Waals surface area contributed by atoms with Gasteiger partial charge in [-0.05, 0) is 11.6 Å². The first kappa shape index (κ1) is 22.6. The van der Waals surface area contributed by atoms with E-state index in [4.69, 9.17) is 5.73 Å². The molecule has 112 valence electrons. The number of H-pyrrole nitrogens is 1. The van der Waals surface area contributed by atoms with Gasteiger partial charge in [0, 0.05) is 36.0 Å². The van der Waals surface area contributed by atoms with Crippen molar-refractivity contribution in [2.24, 2.45) is 5.73 Å². The van der Waals surface area contributed by atoms with E-state index < -0.39 is 30.0 Å². The second kappa shape index (κ2) is 9.19. The third-order valence-corrected chi connectivity index (χ3v) is 3.40. The van der Waals surface area contributed by atoms with E-state index in [-0.39, 0.29) is 65.5 Å². The van der Waals surface area contributed by atoms with Gasteiger partial charge in [-0.25, -0.2) is 0 Å². The Morgan fingerprint density at radius 1 is 1.26 bits per heavy atom. The van der Waals surface area contributed by atoms with E-state index in [1.54, 1.807) is 30.5 Å². The normalized spacial score (nSPS) is 14.2. The van der Waals surface area contributed by atoms with Crippen molar-refractivity contribution in [1.29, 1.82) is 0 Å². The second-order valence-electron chi connectivity index (χ2n) is 4.98. The zero-order valence-electron chi connectivity index (χ0n) is 13.0. The Morgan fingerprint density at radius 3 is 2.43 bits per heavy atom. The number of hydrogen-bond donors (Lipinski definition) is 3. The van der Waals surface area contributed by atoms with Crippen molar-refractivity contribution in [2.75, 3.05) is 0 Å². The van der Waals surface area contributed by atoms with Crippen LogP contribution in [-0.2, 0) is 16.0 Å². The number of carbonyl (C=O) groups is 2. The number of nitrogens with one attached hydrogen (secondary N) is 1. The number of benzene rings is 1. The quantitative estimate of drug-likeness (QED) is 0.447. The van der Waals surface area contributed by atoms with Crippen molar-refractivity contribution in [3.63, 3.8) is 0 Å². The predicted molar refractivity (Wildman–Crippen MR) is 69.6 cm³/mol. The van der Waals surface area contributed by atoms with Crippen LogP contribution in [0, 0.1) is 0 Å². The minimum Gasteiger partial charge on any atom is -0.548 e. The standard InChI is InChI=1S/C14H16N2O5.2Na/c15-10(12(17)18)6-14(21,13(19)20)5-8-7-16-11-4-2-1-3-9(8)11;;/h1-4,7,10,16,21H,5-6,15H2,(H,17,18)(H,19,20);;/q;2*+1/p-2/t10?,14-;;/m0../s1. The van der Waals surface area contributed by atoms with Crippen LogP contribution < -0.4 is 75.1 Å². The van der Waals surface area contributed by atoms with Crippen LogP contribution in [0.5, 0.6) is 0 Å². The molecule has 0 aliphatic rings. The molecule has 7 nitrogen and oxygen atoms in total. The molecule has 0 amide bonds. The summed E-state index contributed by atoms with van der Waals surface area (Å²) in [5.41, 5.74) is 4.18. The van der Waals surface area contributed by atoms with Crippen LogP contribution in [0.4, 0.5) is 0 Å². The van der Waals surface area contributed by atoms with Gasteiger partial charge in [-0.2, -0.15) is 0 Å². The first-order valence-corrected chi connectivity index (χ1v) is 6.29. The van der Waals surface area contributed by atoms with E-state index in [1.165, 1.54) is 0 Å². The minimum absolute atomic E-state index is 0. The summed E-state index contributed by atoms with van der Waals surface area (Å²) >= 11 is 0. The Balaban J connectivity index is 0.00000242. The fraction of sp³-hybridized carbons (Fsp3) is 0.286. The molecule has 1 heterocycles. The molecule has 0 aliphatic carbocycles. The molecule has 0 spiro atoms. The first-order valence-electron chi connectivity index (χ1n) is 6.29. The van der Waals surface area contributed by atoms with Gasteiger partial charge >= 0.3 is 59.1 Å². The topological polar surface area (TPSA) is 142 Å². The first-order chi connectivity index (χ1) is 9.83. The largest absolute Gasteiger partial charge is 1.00 e. The van der Waals surface area contributed by atoms with E-state index in [2.05, 4.69) is 4.98 Å². The van der Waals surface area contributed by atoms with Gasteiger partial charge in [0.05, 0.1) is 11.9 Å². The van der Waals surface area contributed by atoms with Crippen molar-refractivity contribution >= 4 is 22.8 Å². The van der Waals surface area contributed by atoms with Crippen molar-refractivity contribution in [1.82, 2.24) is 4.98 Å². The predicted octanol–water partition coefficient (Wildman–Crippen LogP) is -8.33. The van der Waals surface area contributed by atoms with Crippen LogP contribution in [-0.4, -0.2) is 33.7 Å². The molecule has 1 unspecified atom stereocenters. The third-order valence-electron chi connectivity index (χ3n) is 3.40. The van der Waals surface area contributed by atoms with Gasteiger partial charge in [-0.15, -0.1) is 0 Å².